The first-order chi connectivity index (χ1) is 20.6. The van der Waals surface area contributed by atoms with Crippen molar-refractivity contribution < 1.29 is 22.4 Å². The fourth-order valence-corrected chi connectivity index (χ4v) is 6.65. The molecule has 1 aliphatic rings. The number of aromatic nitrogens is 5. The van der Waals surface area contributed by atoms with Crippen LogP contribution in [0.3, 0.4) is 0 Å². The third-order valence-electron chi connectivity index (χ3n) is 7.64. The Labute approximate surface area is 247 Å². The maximum Gasteiger partial charge on any atom is 0.244 e. The van der Waals surface area contributed by atoms with Gasteiger partial charge in [0.15, 0.2) is 11.4 Å². The number of aryl methyl sites for hydroxylation is 1. The Balaban J connectivity index is 1.20. The highest BCUT2D eigenvalue weighted by Gasteiger charge is 2.35. The molecule has 4 heterocycles. The number of nitrogens with one attached hydrogen (secondary N) is 1. The Bertz CT molecular complexity index is 1960. The van der Waals surface area contributed by atoms with Gasteiger partial charge in [-0.25, -0.2) is 27.0 Å². The summed E-state index contributed by atoms with van der Waals surface area (Å²) in [6, 6.07) is 14.9. The third-order valence-corrected chi connectivity index (χ3v) is 9.12. The number of halogens is 1. The lowest BCUT2D eigenvalue weighted by Gasteiger charge is -2.24. The minimum Gasteiger partial charge on any atom is -0.335 e. The first kappa shape index (κ1) is 28.6. The number of rotatable bonds is 9. The topological polar surface area (TPSA) is 132 Å². The summed E-state index contributed by atoms with van der Waals surface area (Å²) in [6.07, 6.45) is 2.76. The van der Waals surface area contributed by atoms with Gasteiger partial charge in [-0.2, -0.15) is 10.2 Å². The Morgan fingerprint density at radius 1 is 1.07 bits per heavy atom. The Kier molecular flexibility index (Phi) is 7.52. The van der Waals surface area contributed by atoms with E-state index in [9.17, 15) is 22.4 Å². The number of nitrogens with zero attached hydrogens (tertiary/aromatic N) is 6. The summed E-state index contributed by atoms with van der Waals surface area (Å²) < 4.78 is 45.4. The number of amides is 1. The summed E-state index contributed by atoms with van der Waals surface area (Å²) in [5, 5.41) is 9.47. The van der Waals surface area contributed by atoms with Gasteiger partial charge in [0.1, 0.15) is 18.4 Å². The molecule has 13 heteroatoms. The second-order valence-corrected chi connectivity index (χ2v) is 12.5. The van der Waals surface area contributed by atoms with Crippen molar-refractivity contribution in [2.75, 3.05) is 13.1 Å². The predicted molar refractivity (Wildman–Crippen MR) is 158 cm³/mol. The van der Waals surface area contributed by atoms with Crippen LogP contribution >= 0.6 is 0 Å². The first-order valence-electron chi connectivity index (χ1n) is 13.9. The van der Waals surface area contributed by atoms with Crippen molar-refractivity contribution in [3.8, 4) is 11.1 Å². The lowest BCUT2D eigenvalue weighted by Crippen LogP contribution is -2.40. The van der Waals surface area contributed by atoms with E-state index in [0.29, 0.717) is 10.9 Å². The van der Waals surface area contributed by atoms with Crippen molar-refractivity contribution in [2.24, 2.45) is 0 Å². The highest BCUT2D eigenvalue weighted by Crippen LogP contribution is 2.28. The molecule has 1 fully saturated rings. The molecule has 1 amide bonds. The lowest BCUT2D eigenvalue weighted by atomic mass is 10.0. The van der Waals surface area contributed by atoms with Crippen molar-refractivity contribution in [2.45, 2.75) is 50.3 Å². The molecule has 43 heavy (non-hydrogen) atoms. The third kappa shape index (κ3) is 5.77. The van der Waals surface area contributed by atoms with Crippen LogP contribution in [0.1, 0.15) is 35.9 Å². The van der Waals surface area contributed by atoms with E-state index in [2.05, 4.69) is 19.9 Å². The van der Waals surface area contributed by atoms with Gasteiger partial charge in [0.05, 0.1) is 22.7 Å². The molecule has 0 spiro atoms. The van der Waals surface area contributed by atoms with Crippen LogP contribution in [0.2, 0.25) is 0 Å². The Morgan fingerprint density at radius 2 is 1.86 bits per heavy atom. The molecule has 0 bridgehead atoms. The van der Waals surface area contributed by atoms with Crippen molar-refractivity contribution in [1.82, 2.24) is 34.0 Å². The van der Waals surface area contributed by atoms with Crippen LogP contribution in [-0.4, -0.2) is 74.7 Å². The molecule has 0 radical (unpaired) electrons. The SMILES string of the molecule is CC(=O)c1nn(CC(=O)N2C[C@H](F)C[C@H]2CCNS(=O)(=O)c2ccccc2)c2ccc(-c3cnc4cc(C)nn4c3)cc12. The second kappa shape index (κ2) is 11.3. The fraction of sp³-hybridized carbons (Fsp3) is 0.300. The Morgan fingerprint density at radius 3 is 2.63 bits per heavy atom. The molecule has 3 aromatic heterocycles. The molecular weight excluding hydrogens is 573 g/mol. The lowest BCUT2D eigenvalue weighted by molar-refractivity contribution is -0.133. The van der Waals surface area contributed by atoms with Crippen LogP contribution in [0.4, 0.5) is 4.39 Å². The Hall–Kier alpha value is -4.49. The molecule has 0 unspecified atom stereocenters. The van der Waals surface area contributed by atoms with E-state index in [4.69, 9.17) is 0 Å². The first-order valence-corrected chi connectivity index (χ1v) is 15.4. The van der Waals surface area contributed by atoms with Crippen molar-refractivity contribution >= 4 is 38.3 Å². The van der Waals surface area contributed by atoms with Crippen LogP contribution in [0.15, 0.2) is 71.9 Å². The van der Waals surface area contributed by atoms with E-state index in [-0.39, 0.29) is 54.8 Å². The molecule has 1 aliphatic heterocycles. The highest BCUT2D eigenvalue weighted by molar-refractivity contribution is 7.89. The average molecular weight is 604 g/mol. The number of carbonyl (C=O) groups excluding carboxylic acids is 2. The van der Waals surface area contributed by atoms with Gasteiger partial charge in [-0.05, 0) is 43.2 Å². The van der Waals surface area contributed by atoms with Crippen LogP contribution in [0.25, 0.3) is 27.7 Å². The molecule has 1 N–H and O–H groups in total. The van der Waals surface area contributed by atoms with Gasteiger partial charge >= 0.3 is 0 Å². The number of ketones is 1. The van der Waals surface area contributed by atoms with Gasteiger partial charge in [-0.15, -0.1) is 0 Å². The van der Waals surface area contributed by atoms with E-state index < -0.39 is 22.2 Å². The van der Waals surface area contributed by atoms with E-state index in [1.54, 1.807) is 35.0 Å². The summed E-state index contributed by atoms with van der Waals surface area (Å²) >= 11 is 0. The normalized spacial score (nSPS) is 17.2. The molecule has 2 aromatic carbocycles. The van der Waals surface area contributed by atoms with E-state index in [0.717, 1.165) is 22.5 Å². The van der Waals surface area contributed by atoms with Gasteiger partial charge in [0, 0.05) is 55.3 Å². The number of carbonyl (C=O) groups is 2. The number of fused-ring (bicyclic) bond motifs is 2. The predicted octanol–water partition coefficient (Wildman–Crippen LogP) is 3.56. The van der Waals surface area contributed by atoms with Gasteiger partial charge < -0.3 is 4.90 Å². The molecular formula is C30H30FN7O4S. The van der Waals surface area contributed by atoms with Gasteiger partial charge in [-0.1, -0.05) is 24.3 Å². The summed E-state index contributed by atoms with van der Waals surface area (Å²) in [6.45, 7) is 3.09. The van der Waals surface area contributed by atoms with Crippen molar-refractivity contribution in [1.29, 1.82) is 0 Å². The van der Waals surface area contributed by atoms with Crippen LogP contribution < -0.4 is 4.72 Å². The molecule has 2 atom stereocenters. The largest absolute Gasteiger partial charge is 0.335 e. The molecule has 11 nitrogen and oxygen atoms in total. The van der Waals surface area contributed by atoms with E-state index in [1.807, 2.05) is 31.3 Å². The molecule has 6 rings (SSSR count). The quantitative estimate of drug-likeness (QED) is 0.255. The smallest absolute Gasteiger partial charge is 0.244 e. The molecule has 0 saturated carbocycles. The maximum atomic E-state index is 14.5. The van der Waals surface area contributed by atoms with E-state index >= 15 is 0 Å². The minimum absolute atomic E-state index is 0.0547. The minimum atomic E-state index is -3.72. The summed E-state index contributed by atoms with van der Waals surface area (Å²) in [5.74, 6) is -0.610. The number of hydrogen-bond acceptors (Lipinski definition) is 7. The summed E-state index contributed by atoms with van der Waals surface area (Å²) in [4.78, 5) is 32.0. The second-order valence-electron chi connectivity index (χ2n) is 10.8. The molecule has 222 valence electrons. The van der Waals surface area contributed by atoms with Crippen LogP contribution in [0, 0.1) is 6.92 Å². The highest BCUT2D eigenvalue weighted by atomic mass is 32.2. The van der Waals surface area contributed by atoms with Crippen LogP contribution in [0.5, 0.6) is 0 Å². The van der Waals surface area contributed by atoms with Gasteiger partial charge in [0.2, 0.25) is 15.9 Å². The summed E-state index contributed by atoms with van der Waals surface area (Å²) in [7, 11) is -3.72. The van der Waals surface area contributed by atoms with Crippen molar-refractivity contribution in [3.63, 3.8) is 0 Å². The van der Waals surface area contributed by atoms with Crippen LogP contribution in [-0.2, 0) is 21.4 Å². The van der Waals surface area contributed by atoms with Gasteiger partial charge in [-0.3, -0.25) is 14.3 Å². The number of benzene rings is 2. The van der Waals surface area contributed by atoms with Gasteiger partial charge in [0.25, 0.3) is 0 Å². The standard InChI is InChI=1S/C30H30FN7O4S/c1-19-12-28-32-15-22(16-38(28)34-19)21-8-9-27-26(13-21)30(20(2)39)35-37(27)18-29(40)36-17-23(31)14-24(36)10-11-33-43(41,42)25-6-4-3-5-7-25/h3-9,12-13,15-16,23-24,33H,10-11,14,17-18H2,1-2H3/t23-,24-/m1/s1. The molecule has 5 aromatic rings. The molecule has 0 aliphatic carbocycles. The number of alkyl halides is 1. The fourth-order valence-electron chi connectivity index (χ4n) is 5.58. The average Bonchev–Trinajstić information content (AvgIpc) is 3.66. The molecule has 1 saturated heterocycles. The number of Topliss-reactive ketones (excluding diaryl/α,β-unsaturated/α-hetero) is 1. The summed E-state index contributed by atoms with van der Waals surface area (Å²) in [5.41, 5.74) is 3.99. The van der Waals surface area contributed by atoms with Crippen molar-refractivity contribution in [3.05, 3.63) is 78.4 Å². The number of hydrogen-bond donors (Lipinski definition) is 1. The number of sulfonamides is 1. The zero-order valence-electron chi connectivity index (χ0n) is 23.6. The monoisotopic (exact) mass is 603 g/mol. The zero-order valence-corrected chi connectivity index (χ0v) is 24.5. The zero-order chi connectivity index (χ0) is 30.3. The maximum absolute atomic E-state index is 14.5. The van der Waals surface area contributed by atoms with E-state index in [1.165, 1.54) is 28.6 Å². The number of likely N-dealkylation sites (tertiary alicyclic amines) is 1.